The van der Waals surface area contributed by atoms with Crippen LogP contribution in [0.25, 0.3) is 10.9 Å². The minimum absolute atomic E-state index is 0.112. The molecule has 0 atom stereocenters. The minimum atomic E-state index is -0.556. The quantitative estimate of drug-likeness (QED) is 0.515. The molecule has 0 aliphatic rings. The maximum atomic E-state index is 12.3. The average Bonchev–Trinajstić information content (AvgIpc) is 3.10. The number of carbonyl (C=O) groups is 3. The lowest BCUT2D eigenvalue weighted by atomic mass is 9.95. The number of carbonyl (C=O) groups excluding carboxylic acids is 3. The van der Waals surface area contributed by atoms with E-state index in [4.69, 9.17) is 4.74 Å². The van der Waals surface area contributed by atoms with E-state index in [0.717, 1.165) is 10.9 Å². The van der Waals surface area contributed by atoms with Gasteiger partial charge in [0.25, 0.3) is 0 Å². The molecular formula is C22H22N2O4. The van der Waals surface area contributed by atoms with Crippen LogP contribution in [0.15, 0.2) is 54.7 Å². The van der Waals surface area contributed by atoms with Gasteiger partial charge in [-0.05, 0) is 30.3 Å². The molecule has 0 saturated carbocycles. The number of ketones is 1. The molecule has 0 radical (unpaired) electrons. The lowest BCUT2D eigenvalue weighted by Gasteiger charge is -2.17. The zero-order chi connectivity index (χ0) is 20.3. The van der Waals surface area contributed by atoms with Crippen LogP contribution in [0.1, 0.15) is 41.5 Å². The first-order valence-corrected chi connectivity index (χ1v) is 8.93. The molecule has 144 valence electrons. The molecule has 0 fully saturated rings. The van der Waals surface area contributed by atoms with E-state index in [1.165, 1.54) is 0 Å². The highest BCUT2D eigenvalue weighted by atomic mass is 16.5. The van der Waals surface area contributed by atoms with E-state index in [-0.39, 0.29) is 18.3 Å². The standard InChI is InChI=1S/C22H22N2O4/c1-22(2,3)21(27)24-15-10-8-14(9-11-15)19(25)13-28-20(26)17-12-23-18-7-5-4-6-16(17)18/h4-12,23H,13H2,1-3H3,(H,24,27). The van der Waals surface area contributed by atoms with E-state index in [0.29, 0.717) is 16.8 Å². The summed E-state index contributed by atoms with van der Waals surface area (Å²) in [5, 5.41) is 3.54. The van der Waals surface area contributed by atoms with Crippen molar-refractivity contribution >= 4 is 34.3 Å². The summed E-state index contributed by atoms with van der Waals surface area (Å²) in [5.74, 6) is -0.985. The SMILES string of the molecule is CC(C)(C)C(=O)Nc1ccc(C(=O)COC(=O)c2c[nH]c3ccccc23)cc1. The summed E-state index contributed by atoms with van der Waals surface area (Å²) in [5.41, 5.74) is 1.72. The number of fused-ring (bicyclic) bond motifs is 1. The van der Waals surface area contributed by atoms with Crippen molar-refractivity contribution in [3.8, 4) is 0 Å². The van der Waals surface area contributed by atoms with Crippen molar-refractivity contribution in [2.24, 2.45) is 5.41 Å². The van der Waals surface area contributed by atoms with E-state index in [1.54, 1.807) is 30.5 Å². The number of benzene rings is 2. The Balaban J connectivity index is 1.60. The van der Waals surface area contributed by atoms with Crippen LogP contribution < -0.4 is 5.32 Å². The molecule has 1 heterocycles. The number of hydrogen-bond donors (Lipinski definition) is 2. The number of ether oxygens (including phenoxy) is 1. The normalized spacial score (nSPS) is 11.2. The predicted octanol–water partition coefficient (Wildman–Crippen LogP) is 4.19. The van der Waals surface area contributed by atoms with Gasteiger partial charge in [0.1, 0.15) is 0 Å². The first-order valence-electron chi connectivity index (χ1n) is 8.93. The van der Waals surface area contributed by atoms with Gasteiger partial charge in [-0.3, -0.25) is 9.59 Å². The zero-order valence-electron chi connectivity index (χ0n) is 16.0. The predicted molar refractivity (Wildman–Crippen MR) is 107 cm³/mol. The van der Waals surface area contributed by atoms with Crippen LogP contribution in [0, 0.1) is 5.41 Å². The van der Waals surface area contributed by atoms with Crippen molar-refractivity contribution in [1.29, 1.82) is 0 Å². The van der Waals surface area contributed by atoms with Gasteiger partial charge < -0.3 is 15.0 Å². The van der Waals surface area contributed by atoms with Gasteiger partial charge in [-0.1, -0.05) is 39.0 Å². The Hall–Kier alpha value is -3.41. The number of amides is 1. The molecule has 6 heteroatoms. The molecule has 28 heavy (non-hydrogen) atoms. The number of aromatic nitrogens is 1. The van der Waals surface area contributed by atoms with E-state index in [1.807, 2.05) is 45.0 Å². The number of aromatic amines is 1. The number of H-pyrrole nitrogens is 1. The first kappa shape index (κ1) is 19.4. The lowest BCUT2D eigenvalue weighted by Crippen LogP contribution is -2.27. The summed E-state index contributed by atoms with van der Waals surface area (Å²) in [4.78, 5) is 39.6. The summed E-state index contributed by atoms with van der Waals surface area (Å²) in [6.07, 6.45) is 1.57. The van der Waals surface area contributed by atoms with E-state index in [2.05, 4.69) is 10.3 Å². The smallest absolute Gasteiger partial charge is 0.340 e. The number of para-hydroxylation sites is 1. The van der Waals surface area contributed by atoms with Crippen molar-refractivity contribution < 1.29 is 19.1 Å². The van der Waals surface area contributed by atoms with Crippen molar-refractivity contribution in [2.45, 2.75) is 20.8 Å². The first-order chi connectivity index (χ1) is 13.3. The van der Waals surface area contributed by atoms with Gasteiger partial charge in [-0.15, -0.1) is 0 Å². The lowest BCUT2D eigenvalue weighted by molar-refractivity contribution is -0.123. The fourth-order valence-electron chi connectivity index (χ4n) is 2.59. The van der Waals surface area contributed by atoms with Gasteiger partial charge in [0.05, 0.1) is 5.56 Å². The van der Waals surface area contributed by atoms with Crippen LogP contribution in [-0.2, 0) is 9.53 Å². The highest BCUT2D eigenvalue weighted by Crippen LogP contribution is 2.19. The van der Waals surface area contributed by atoms with E-state index in [9.17, 15) is 14.4 Å². The molecule has 0 aliphatic carbocycles. The fraction of sp³-hybridized carbons (Fsp3) is 0.227. The minimum Gasteiger partial charge on any atom is -0.454 e. The summed E-state index contributed by atoms with van der Waals surface area (Å²) < 4.78 is 5.17. The molecule has 1 amide bonds. The van der Waals surface area contributed by atoms with Crippen LogP contribution in [0.2, 0.25) is 0 Å². The fourth-order valence-corrected chi connectivity index (χ4v) is 2.59. The summed E-state index contributed by atoms with van der Waals surface area (Å²) in [7, 11) is 0. The molecule has 0 saturated heterocycles. The van der Waals surface area contributed by atoms with Crippen LogP contribution in [0.5, 0.6) is 0 Å². The van der Waals surface area contributed by atoms with Crippen LogP contribution >= 0.6 is 0 Å². The van der Waals surface area contributed by atoms with E-state index >= 15 is 0 Å². The van der Waals surface area contributed by atoms with Gasteiger partial charge in [0.2, 0.25) is 5.91 Å². The summed E-state index contributed by atoms with van der Waals surface area (Å²) in [6.45, 7) is 5.11. The monoisotopic (exact) mass is 378 g/mol. The third-order valence-electron chi connectivity index (χ3n) is 4.29. The Morgan fingerprint density at radius 3 is 2.36 bits per heavy atom. The van der Waals surface area contributed by atoms with Gasteiger partial charge in [-0.2, -0.15) is 0 Å². The molecule has 3 aromatic rings. The van der Waals surface area contributed by atoms with Crippen molar-refractivity contribution in [2.75, 3.05) is 11.9 Å². The van der Waals surface area contributed by atoms with Crippen molar-refractivity contribution in [1.82, 2.24) is 4.98 Å². The highest BCUT2D eigenvalue weighted by molar-refractivity contribution is 6.05. The number of anilines is 1. The number of rotatable bonds is 5. The molecule has 3 rings (SSSR count). The van der Waals surface area contributed by atoms with Crippen LogP contribution in [-0.4, -0.2) is 29.3 Å². The Kier molecular flexibility index (Phi) is 5.31. The van der Waals surface area contributed by atoms with Gasteiger partial charge in [-0.25, -0.2) is 4.79 Å². The maximum absolute atomic E-state index is 12.3. The molecule has 0 unspecified atom stereocenters. The second-order valence-corrected chi connectivity index (χ2v) is 7.53. The Labute approximate surface area is 162 Å². The second-order valence-electron chi connectivity index (χ2n) is 7.53. The topological polar surface area (TPSA) is 88.3 Å². The number of Topliss-reactive ketones (excluding diaryl/α,β-unsaturated/α-hetero) is 1. The van der Waals surface area contributed by atoms with Gasteiger partial charge in [0, 0.05) is 33.8 Å². The van der Waals surface area contributed by atoms with Crippen LogP contribution in [0.4, 0.5) is 5.69 Å². The van der Waals surface area contributed by atoms with E-state index < -0.39 is 11.4 Å². The average molecular weight is 378 g/mol. The van der Waals surface area contributed by atoms with Crippen LogP contribution in [0.3, 0.4) is 0 Å². The second kappa shape index (κ2) is 7.68. The highest BCUT2D eigenvalue weighted by Gasteiger charge is 2.21. The molecule has 6 nitrogen and oxygen atoms in total. The third kappa shape index (κ3) is 4.28. The largest absolute Gasteiger partial charge is 0.454 e. The number of esters is 1. The molecular weight excluding hydrogens is 356 g/mol. The Morgan fingerprint density at radius 1 is 1.00 bits per heavy atom. The molecule has 1 aromatic heterocycles. The number of hydrogen-bond acceptors (Lipinski definition) is 4. The molecule has 0 spiro atoms. The zero-order valence-corrected chi connectivity index (χ0v) is 16.0. The Bertz CT molecular complexity index is 1030. The van der Waals surface area contributed by atoms with Crippen molar-refractivity contribution in [3.05, 3.63) is 65.9 Å². The molecule has 0 bridgehead atoms. The van der Waals surface area contributed by atoms with Gasteiger partial charge in [0.15, 0.2) is 12.4 Å². The molecule has 0 aliphatic heterocycles. The third-order valence-corrected chi connectivity index (χ3v) is 4.29. The van der Waals surface area contributed by atoms with Crippen molar-refractivity contribution in [3.63, 3.8) is 0 Å². The summed E-state index contributed by atoms with van der Waals surface area (Å²) in [6, 6.07) is 13.9. The molecule has 2 N–H and O–H groups in total. The molecule has 2 aromatic carbocycles. The number of nitrogens with one attached hydrogen (secondary N) is 2. The maximum Gasteiger partial charge on any atom is 0.340 e. The summed E-state index contributed by atoms with van der Waals surface area (Å²) >= 11 is 0. The Morgan fingerprint density at radius 2 is 1.68 bits per heavy atom. The van der Waals surface area contributed by atoms with Gasteiger partial charge >= 0.3 is 5.97 Å².